The maximum Gasteiger partial charge on any atom is 0.244 e. The Labute approximate surface area is 130 Å². The van der Waals surface area contributed by atoms with Crippen molar-refractivity contribution in [3.05, 3.63) is 21.9 Å². The number of aromatic nitrogens is 1. The van der Waals surface area contributed by atoms with Crippen molar-refractivity contribution < 1.29 is 13.2 Å². The van der Waals surface area contributed by atoms with Gasteiger partial charge in [0.1, 0.15) is 16.1 Å². The fraction of sp³-hybridized carbons (Fsp3) is 0.455. The van der Waals surface area contributed by atoms with Crippen LogP contribution in [-0.2, 0) is 14.8 Å². The number of carbonyl (C=O) groups excluding carboxylic acids is 1. The molecule has 0 aliphatic carbocycles. The Morgan fingerprint density at radius 2 is 2.20 bits per heavy atom. The summed E-state index contributed by atoms with van der Waals surface area (Å²) in [5, 5.41) is 2.54. The molecular formula is C11H13BrClN3O3S. The van der Waals surface area contributed by atoms with Crippen LogP contribution in [0.3, 0.4) is 0 Å². The van der Waals surface area contributed by atoms with Crippen LogP contribution in [0, 0.1) is 0 Å². The van der Waals surface area contributed by atoms with E-state index in [1.54, 1.807) is 0 Å². The molecule has 2 N–H and O–H groups in total. The number of rotatable bonds is 3. The lowest BCUT2D eigenvalue weighted by molar-refractivity contribution is -0.122. The Bertz CT molecular complexity index is 623. The van der Waals surface area contributed by atoms with Crippen LogP contribution in [-0.4, -0.2) is 31.9 Å². The lowest BCUT2D eigenvalue weighted by Crippen LogP contribution is -2.45. The van der Waals surface area contributed by atoms with Crippen molar-refractivity contribution in [1.29, 1.82) is 0 Å². The minimum absolute atomic E-state index is 0.130. The zero-order valence-electron chi connectivity index (χ0n) is 10.4. The van der Waals surface area contributed by atoms with E-state index in [4.69, 9.17) is 11.6 Å². The molecule has 1 aromatic heterocycles. The second-order valence-electron chi connectivity index (χ2n) is 4.40. The van der Waals surface area contributed by atoms with Gasteiger partial charge in [-0.15, -0.1) is 0 Å². The SMILES string of the molecule is O=C1NCCCCC1NS(=O)(=O)c1cc(Br)cnc1Cl. The molecule has 1 amide bonds. The van der Waals surface area contributed by atoms with Crippen LogP contribution < -0.4 is 10.0 Å². The largest absolute Gasteiger partial charge is 0.355 e. The lowest BCUT2D eigenvalue weighted by Gasteiger charge is -2.15. The molecule has 0 bridgehead atoms. The van der Waals surface area contributed by atoms with Crippen LogP contribution in [0.5, 0.6) is 0 Å². The molecule has 1 saturated heterocycles. The highest BCUT2D eigenvalue weighted by atomic mass is 79.9. The second-order valence-corrected chi connectivity index (χ2v) is 7.36. The first-order valence-corrected chi connectivity index (χ1v) is 8.66. The van der Waals surface area contributed by atoms with Crippen molar-refractivity contribution in [2.45, 2.75) is 30.2 Å². The maximum atomic E-state index is 12.3. The van der Waals surface area contributed by atoms with Crippen LogP contribution >= 0.6 is 27.5 Å². The Hall–Kier alpha value is -0.700. The standard InChI is InChI=1S/C11H13BrClN3O3S/c12-7-5-9(10(13)15-6-7)20(18,19)16-8-3-1-2-4-14-11(8)17/h5-6,8,16H,1-4H2,(H,14,17). The number of amides is 1. The van der Waals surface area contributed by atoms with Gasteiger partial charge in [0.15, 0.2) is 0 Å². The monoisotopic (exact) mass is 381 g/mol. The van der Waals surface area contributed by atoms with Crippen LogP contribution in [0.15, 0.2) is 21.6 Å². The number of hydrogen-bond acceptors (Lipinski definition) is 4. The summed E-state index contributed by atoms with van der Waals surface area (Å²) in [6, 6.07) is 0.573. The molecule has 1 aromatic rings. The van der Waals surface area contributed by atoms with E-state index in [0.717, 1.165) is 12.8 Å². The third kappa shape index (κ3) is 3.69. The smallest absolute Gasteiger partial charge is 0.244 e. The summed E-state index contributed by atoms with van der Waals surface area (Å²) in [5.74, 6) is -0.315. The van der Waals surface area contributed by atoms with Gasteiger partial charge in [-0.05, 0) is 41.3 Å². The van der Waals surface area contributed by atoms with E-state index in [9.17, 15) is 13.2 Å². The Balaban J connectivity index is 2.26. The molecule has 1 aliphatic heterocycles. The van der Waals surface area contributed by atoms with Gasteiger partial charge < -0.3 is 5.32 Å². The van der Waals surface area contributed by atoms with Crippen LogP contribution in [0.25, 0.3) is 0 Å². The highest BCUT2D eigenvalue weighted by Crippen LogP contribution is 2.23. The Morgan fingerprint density at radius 1 is 1.45 bits per heavy atom. The van der Waals surface area contributed by atoms with Gasteiger partial charge in [-0.3, -0.25) is 4.79 Å². The molecule has 9 heteroatoms. The first kappa shape index (κ1) is 15.7. The number of pyridine rings is 1. The van der Waals surface area contributed by atoms with E-state index in [-0.39, 0.29) is 16.0 Å². The zero-order chi connectivity index (χ0) is 14.8. The van der Waals surface area contributed by atoms with E-state index in [1.165, 1.54) is 12.3 Å². The predicted molar refractivity (Wildman–Crippen MR) is 77.9 cm³/mol. The molecule has 0 radical (unpaired) electrons. The summed E-state index contributed by atoms with van der Waals surface area (Å²) >= 11 is 8.96. The van der Waals surface area contributed by atoms with E-state index in [1.807, 2.05) is 0 Å². The number of halogens is 2. The van der Waals surface area contributed by atoms with E-state index in [2.05, 4.69) is 31.0 Å². The molecular weight excluding hydrogens is 370 g/mol. The van der Waals surface area contributed by atoms with Crippen molar-refractivity contribution in [2.75, 3.05) is 6.54 Å². The first-order chi connectivity index (χ1) is 9.40. The van der Waals surface area contributed by atoms with Crippen molar-refractivity contribution in [3.63, 3.8) is 0 Å². The lowest BCUT2D eigenvalue weighted by atomic mass is 10.1. The van der Waals surface area contributed by atoms with Crippen molar-refractivity contribution in [3.8, 4) is 0 Å². The van der Waals surface area contributed by atoms with Gasteiger partial charge in [0.2, 0.25) is 15.9 Å². The average Bonchev–Trinajstić information content (AvgIpc) is 2.57. The Morgan fingerprint density at radius 3 is 2.95 bits per heavy atom. The summed E-state index contributed by atoms with van der Waals surface area (Å²) in [5.41, 5.74) is 0. The summed E-state index contributed by atoms with van der Waals surface area (Å²) in [7, 11) is -3.90. The van der Waals surface area contributed by atoms with Crippen LogP contribution in [0.2, 0.25) is 5.15 Å². The molecule has 0 aromatic carbocycles. The van der Waals surface area contributed by atoms with Crippen LogP contribution in [0.4, 0.5) is 0 Å². The minimum atomic E-state index is -3.90. The highest BCUT2D eigenvalue weighted by Gasteiger charge is 2.28. The second kappa shape index (κ2) is 6.38. The Kier molecular flexibility index (Phi) is 5.00. The van der Waals surface area contributed by atoms with Crippen molar-refractivity contribution in [1.82, 2.24) is 15.0 Å². The van der Waals surface area contributed by atoms with Gasteiger partial charge in [-0.2, -0.15) is 4.72 Å². The first-order valence-electron chi connectivity index (χ1n) is 6.01. The van der Waals surface area contributed by atoms with E-state index >= 15 is 0 Å². The third-order valence-electron chi connectivity index (χ3n) is 2.90. The normalized spacial score (nSPS) is 20.3. The van der Waals surface area contributed by atoms with E-state index < -0.39 is 16.1 Å². The summed E-state index contributed by atoms with van der Waals surface area (Å²) in [6.45, 7) is 0.566. The van der Waals surface area contributed by atoms with E-state index in [0.29, 0.717) is 17.4 Å². The number of hydrogen-bond donors (Lipinski definition) is 2. The average molecular weight is 383 g/mol. The number of sulfonamides is 1. The van der Waals surface area contributed by atoms with Gasteiger partial charge in [-0.1, -0.05) is 11.6 Å². The van der Waals surface area contributed by atoms with Crippen LogP contribution in [0.1, 0.15) is 19.3 Å². The molecule has 6 nitrogen and oxygen atoms in total. The molecule has 110 valence electrons. The number of carbonyl (C=O) groups is 1. The molecule has 1 aliphatic rings. The topological polar surface area (TPSA) is 88.2 Å². The summed E-state index contributed by atoms with van der Waals surface area (Å²) < 4.78 is 27.5. The molecule has 1 fully saturated rings. The number of nitrogens with zero attached hydrogens (tertiary/aromatic N) is 1. The zero-order valence-corrected chi connectivity index (χ0v) is 13.6. The quantitative estimate of drug-likeness (QED) is 0.774. The fourth-order valence-corrected chi connectivity index (χ4v) is 4.07. The summed E-state index contributed by atoms with van der Waals surface area (Å²) in [4.78, 5) is 15.4. The third-order valence-corrected chi connectivity index (χ3v) is 5.23. The molecule has 1 atom stereocenters. The highest BCUT2D eigenvalue weighted by molar-refractivity contribution is 9.10. The fourth-order valence-electron chi connectivity index (χ4n) is 1.90. The van der Waals surface area contributed by atoms with Gasteiger partial charge in [0, 0.05) is 17.2 Å². The van der Waals surface area contributed by atoms with Crippen molar-refractivity contribution >= 4 is 43.5 Å². The van der Waals surface area contributed by atoms with Gasteiger partial charge in [0.25, 0.3) is 0 Å². The predicted octanol–water partition coefficient (Wildman–Crippen LogP) is 1.44. The number of nitrogens with one attached hydrogen (secondary N) is 2. The molecule has 20 heavy (non-hydrogen) atoms. The van der Waals surface area contributed by atoms with Gasteiger partial charge in [0.05, 0.1) is 0 Å². The van der Waals surface area contributed by atoms with Crippen molar-refractivity contribution in [2.24, 2.45) is 0 Å². The van der Waals surface area contributed by atoms with Gasteiger partial charge >= 0.3 is 0 Å². The molecule has 0 spiro atoms. The molecule has 2 rings (SSSR count). The minimum Gasteiger partial charge on any atom is -0.355 e. The van der Waals surface area contributed by atoms with Gasteiger partial charge in [-0.25, -0.2) is 13.4 Å². The summed E-state index contributed by atoms with van der Waals surface area (Å²) in [6.07, 6.45) is 3.48. The molecule has 1 unspecified atom stereocenters. The molecule has 2 heterocycles. The maximum absolute atomic E-state index is 12.3. The molecule has 0 saturated carbocycles.